The second-order valence-electron chi connectivity index (χ2n) is 6.81. The predicted octanol–water partition coefficient (Wildman–Crippen LogP) is 4.16. The third-order valence-corrected chi connectivity index (χ3v) is 4.53. The molecule has 0 N–H and O–H groups in total. The van der Waals surface area contributed by atoms with Crippen LogP contribution in [0.25, 0.3) is 5.69 Å². The standard InChI is InChI=1S/C17H14N4.C5H10O/c1-12-19-20-16-11-18-17(13-7-3-2-4-8-13)14-9-5-6-10-15(14)21(12)16;1-4(2)5(3)6/h2-10H,11H2,1H3;4H,1-3H3. The largest absolute Gasteiger partial charge is 0.300 e. The fourth-order valence-corrected chi connectivity index (χ4v) is 2.77. The molecule has 0 amide bonds. The number of rotatable bonds is 2. The van der Waals surface area contributed by atoms with E-state index in [4.69, 9.17) is 4.99 Å². The summed E-state index contributed by atoms with van der Waals surface area (Å²) in [6.45, 7) is 7.90. The van der Waals surface area contributed by atoms with Crippen molar-refractivity contribution in [2.24, 2.45) is 10.9 Å². The van der Waals surface area contributed by atoms with Crippen molar-refractivity contribution in [2.45, 2.75) is 34.2 Å². The zero-order valence-corrected chi connectivity index (χ0v) is 16.2. The summed E-state index contributed by atoms with van der Waals surface area (Å²) < 4.78 is 2.09. The fourth-order valence-electron chi connectivity index (χ4n) is 2.77. The second-order valence-corrected chi connectivity index (χ2v) is 6.81. The van der Waals surface area contributed by atoms with Gasteiger partial charge in [-0.3, -0.25) is 14.4 Å². The SMILES string of the molecule is CC(=O)C(C)C.Cc1nnc2n1-c1ccccc1C(c1ccccc1)=NC2. The van der Waals surface area contributed by atoms with Crippen molar-refractivity contribution in [1.29, 1.82) is 0 Å². The van der Waals surface area contributed by atoms with E-state index in [0.29, 0.717) is 6.54 Å². The molecule has 138 valence electrons. The Hall–Kier alpha value is -3.08. The molecule has 4 rings (SSSR count). The topological polar surface area (TPSA) is 60.1 Å². The van der Waals surface area contributed by atoms with Crippen molar-refractivity contribution in [3.8, 4) is 5.69 Å². The highest BCUT2D eigenvalue weighted by molar-refractivity contribution is 6.15. The van der Waals surface area contributed by atoms with Gasteiger partial charge in [-0.05, 0) is 19.9 Å². The van der Waals surface area contributed by atoms with Crippen LogP contribution in [0.1, 0.15) is 43.5 Å². The highest BCUT2D eigenvalue weighted by Crippen LogP contribution is 2.25. The lowest BCUT2D eigenvalue weighted by molar-refractivity contribution is -0.119. The average molecular weight is 360 g/mol. The van der Waals surface area contributed by atoms with Crippen LogP contribution in [0, 0.1) is 12.8 Å². The lowest BCUT2D eigenvalue weighted by Crippen LogP contribution is -2.07. The highest BCUT2D eigenvalue weighted by atomic mass is 16.1. The smallest absolute Gasteiger partial charge is 0.159 e. The van der Waals surface area contributed by atoms with E-state index in [0.717, 1.165) is 34.2 Å². The third-order valence-electron chi connectivity index (χ3n) is 4.53. The minimum atomic E-state index is 0.213. The van der Waals surface area contributed by atoms with Crippen molar-refractivity contribution in [2.75, 3.05) is 0 Å². The first-order valence-electron chi connectivity index (χ1n) is 9.10. The van der Waals surface area contributed by atoms with Gasteiger partial charge in [-0.1, -0.05) is 62.4 Å². The van der Waals surface area contributed by atoms with E-state index < -0.39 is 0 Å². The van der Waals surface area contributed by atoms with E-state index in [-0.39, 0.29) is 11.7 Å². The number of nitrogens with zero attached hydrogens (tertiary/aromatic N) is 4. The first-order chi connectivity index (χ1) is 13.0. The molecule has 0 saturated heterocycles. The van der Waals surface area contributed by atoms with Gasteiger partial charge in [0.1, 0.15) is 18.2 Å². The summed E-state index contributed by atoms with van der Waals surface area (Å²) >= 11 is 0. The van der Waals surface area contributed by atoms with E-state index >= 15 is 0 Å². The van der Waals surface area contributed by atoms with Crippen LogP contribution >= 0.6 is 0 Å². The number of Topliss-reactive ketones (excluding diaryl/α,β-unsaturated/α-hetero) is 1. The van der Waals surface area contributed by atoms with E-state index in [9.17, 15) is 4.79 Å². The van der Waals surface area contributed by atoms with Crippen molar-refractivity contribution in [3.05, 3.63) is 77.4 Å². The molecule has 5 nitrogen and oxygen atoms in total. The molecular weight excluding hydrogens is 336 g/mol. The molecule has 0 fully saturated rings. The van der Waals surface area contributed by atoms with Gasteiger partial charge < -0.3 is 0 Å². The van der Waals surface area contributed by atoms with Gasteiger partial charge in [0.05, 0.1) is 11.4 Å². The summed E-state index contributed by atoms with van der Waals surface area (Å²) in [4.78, 5) is 14.9. The van der Waals surface area contributed by atoms with Crippen LogP contribution in [-0.2, 0) is 11.3 Å². The number of benzene rings is 2. The summed E-state index contributed by atoms with van der Waals surface area (Å²) in [7, 11) is 0. The Morgan fingerprint density at radius 1 is 1.00 bits per heavy atom. The van der Waals surface area contributed by atoms with Crippen molar-refractivity contribution in [1.82, 2.24) is 14.8 Å². The van der Waals surface area contributed by atoms with Crippen LogP contribution in [0.5, 0.6) is 0 Å². The summed E-state index contributed by atoms with van der Waals surface area (Å²) in [5.74, 6) is 2.24. The molecule has 1 aromatic heterocycles. The van der Waals surface area contributed by atoms with Crippen LogP contribution in [0.3, 0.4) is 0 Å². The van der Waals surface area contributed by atoms with Gasteiger partial charge >= 0.3 is 0 Å². The molecule has 1 aliphatic heterocycles. The van der Waals surface area contributed by atoms with Gasteiger partial charge in [-0.15, -0.1) is 10.2 Å². The Kier molecular flexibility index (Phi) is 5.60. The van der Waals surface area contributed by atoms with Crippen LogP contribution < -0.4 is 0 Å². The lowest BCUT2D eigenvalue weighted by Gasteiger charge is -2.12. The van der Waals surface area contributed by atoms with E-state index in [2.05, 4.69) is 39.0 Å². The Morgan fingerprint density at radius 3 is 2.30 bits per heavy atom. The van der Waals surface area contributed by atoms with Crippen LogP contribution in [0.2, 0.25) is 0 Å². The number of fused-ring (bicyclic) bond motifs is 3. The summed E-state index contributed by atoms with van der Waals surface area (Å²) in [5, 5.41) is 8.43. The Balaban J connectivity index is 0.000000307. The number of aryl methyl sites for hydroxylation is 1. The van der Waals surface area contributed by atoms with E-state index in [1.165, 1.54) is 0 Å². The fraction of sp³-hybridized carbons (Fsp3) is 0.273. The molecular formula is C22H24N4O. The Labute approximate surface area is 159 Å². The first kappa shape index (κ1) is 18.7. The molecule has 0 bridgehead atoms. The quantitative estimate of drug-likeness (QED) is 0.689. The molecule has 0 aliphatic carbocycles. The molecule has 3 aromatic rings. The molecule has 0 unspecified atom stereocenters. The molecule has 0 atom stereocenters. The zero-order chi connectivity index (χ0) is 19.4. The maximum absolute atomic E-state index is 10.1. The van der Waals surface area contributed by atoms with Gasteiger partial charge in [0.2, 0.25) is 0 Å². The molecule has 2 aromatic carbocycles. The average Bonchev–Trinajstić information content (AvgIpc) is 2.95. The van der Waals surface area contributed by atoms with Gasteiger partial charge in [-0.2, -0.15) is 0 Å². The summed E-state index contributed by atoms with van der Waals surface area (Å²) in [5.41, 5.74) is 4.35. The number of ketones is 1. The number of carbonyl (C=O) groups excluding carboxylic acids is 1. The number of hydrogen-bond donors (Lipinski definition) is 0. The number of carbonyl (C=O) groups is 1. The van der Waals surface area contributed by atoms with E-state index in [1.807, 2.05) is 51.1 Å². The Bertz CT molecular complexity index is 971. The van der Waals surface area contributed by atoms with Crippen molar-refractivity contribution >= 4 is 11.5 Å². The van der Waals surface area contributed by atoms with E-state index in [1.54, 1.807) is 6.92 Å². The third kappa shape index (κ3) is 4.03. The van der Waals surface area contributed by atoms with Gasteiger partial charge in [-0.25, -0.2) is 0 Å². The lowest BCUT2D eigenvalue weighted by atomic mass is 10.0. The normalized spacial score (nSPS) is 12.3. The summed E-state index contributed by atoms with van der Waals surface area (Å²) in [6.07, 6.45) is 0. The number of aliphatic imine (C=N–C) groups is 1. The molecule has 5 heteroatoms. The maximum Gasteiger partial charge on any atom is 0.159 e. The maximum atomic E-state index is 10.1. The molecule has 1 aliphatic rings. The van der Waals surface area contributed by atoms with Gasteiger partial charge in [0.25, 0.3) is 0 Å². The zero-order valence-electron chi connectivity index (χ0n) is 16.2. The minimum Gasteiger partial charge on any atom is -0.300 e. The molecule has 2 heterocycles. The number of hydrogen-bond acceptors (Lipinski definition) is 4. The molecule has 0 saturated carbocycles. The monoisotopic (exact) mass is 360 g/mol. The first-order valence-corrected chi connectivity index (χ1v) is 9.10. The number of para-hydroxylation sites is 1. The van der Waals surface area contributed by atoms with Crippen LogP contribution in [-0.4, -0.2) is 26.3 Å². The summed E-state index contributed by atoms with van der Waals surface area (Å²) in [6, 6.07) is 18.6. The number of aromatic nitrogens is 3. The highest BCUT2D eigenvalue weighted by Gasteiger charge is 2.20. The second kappa shape index (κ2) is 8.08. The van der Waals surface area contributed by atoms with Crippen molar-refractivity contribution < 1.29 is 4.79 Å². The van der Waals surface area contributed by atoms with Crippen molar-refractivity contribution in [3.63, 3.8) is 0 Å². The Morgan fingerprint density at radius 2 is 1.63 bits per heavy atom. The minimum absolute atomic E-state index is 0.213. The molecule has 0 radical (unpaired) electrons. The van der Waals surface area contributed by atoms with Gasteiger partial charge in [0.15, 0.2) is 5.82 Å². The predicted molar refractivity (Wildman–Crippen MR) is 107 cm³/mol. The molecule has 0 spiro atoms. The molecule has 27 heavy (non-hydrogen) atoms. The van der Waals surface area contributed by atoms with Crippen LogP contribution in [0.4, 0.5) is 0 Å². The van der Waals surface area contributed by atoms with Gasteiger partial charge in [0, 0.05) is 17.0 Å². The van der Waals surface area contributed by atoms with Crippen LogP contribution in [0.15, 0.2) is 59.6 Å².